The van der Waals surface area contributed by atoms with Crippen LogP contribution in [0.2, 0.25) is 0 Å². The molecule has 5 heteroatoms. The molecule has 0 saturated carbocycles. The van der Waals surface area contributed by atoms with Crippen molar-refractivity contribution in [2.75, 3.05) is 5.32 Å². The molecule has 5 nitrogen and oxygen atoms in total. The maximum Gasteiger partial charge on any atom is 0.248 e. The molecule has 3 aromatic rings. The van der Waals surface area contributed by atoms with Gasteiger partial charge in [0.2, 0.25) is 5.91 Å². The van der Waals surface area contributed by atoms with E-state index < -0.39 is 0 Å². The number of carbonyl (C=O) groups is 1. The van der Waals surface area contributed by atoms with E-state index in [1.54, 1.807) is 18.2 Å². The van der Waals surface area contributed by atoms with Gasteiger partial charge in [0.15, 0.2) is 0 Å². The average Bonchev–Trinajstić information content (AvgIpc) is 3.03. The summed E-state index contributed by atoms with van der Waals surface area (Å²) in [5.41, 5.74) is 2.41. The molecule has 1 amide bonds. The number of ether oxygens (including phenoxy) is 1. The van der Waals surface area contributed by atoms with Crippen molar-refractivity contribution in [2.24, 2.45) is 0 Å². The number of aromatic nitrogens is 2. The highest BCUT2D eigenvalue weighted by atomic mass is 16.5. The topological polar surface area (TPSA) is 55.6 Å². The predicted molar refractivity (Wildman–Crippen MR) is 98.5 cm³/mol. The summed E-state index contributed by atoms with van der Waals surface area (Å²) < 4.78 is 7.74. The van der Waals surface area contributed by atoms with Gasteiger partial charge in [0.25, 0.3) is 0 Å². The lowest BCUT2D eigenvalue weighted by Gasteiger charge is -2.07. The van der Waals surface area contributed by atoms with E-state index in [1.165, 1.54) is 6.08 Å². The fourth-order valence-electron chi connectivity index (χ4n) is 2.32. The molecule has 0 aliphatic carbocycles. The number of nitrogens with one attached hydrogen (secondary N) is 1. The molecular formula is C20H19N3O2. The van der Waals surface area contributed by atoms with Crippen molar-refractivity contribution in [3.8, 4) is 5.75 Å². The second-order valence-corrected chi connectivity index (χ2v) is 5.39. The maximum absolute atomic E-state index is 11.8. The van der Waals surface area contributed by atoms with Crippen molar-refractivity contribution in [3.63, 3.8) is 0 Å². The number of imidazole rings is 1. The Morgan fingerprint density at radius 2 is 2.16 bits per heavy atom. The van der Waals surface area contributed by atoms with Crippen LogP contribution in [0.15, 0.2) is 79.2 Å². The number of amides is 1. The summed E-state index contributed by atoms with van der Waals surface area (Å²) in [6.07, 6.45) is 10.7. The summed E-state index contributed by atoms with van der Waals surface area (Å²) in [5, 5.41) is 2.80. The summed E-state index contributed by atoms with van der Waals surface area (Å²) in [6, 6.07) is 13.1. The molecular weight excluding hydrogens is 314 g/mol. The fraction of sp³-hybridized carbons (Fsp3) is 0.100. The zero-order chi connectivity index (χ0) is 17.5. The molecule has 0 fully saturated rings. The van der Waals surface area contributed by atoms with Crippen LogP contribution in [-0.4, -0.2) is 15.3 Å². The third-order valence-corrected chi connectivity index (χ3v) is 3.45. The number of benzene rings is 1. The summed E-state index contributed by atoms with van der Waals surface area (Å²) >= 11 is 0. The van der Waals surface area contributed by atoms with Crippen LogP contribution in [0.25, 0.3) is 5.65 Å². The Labute approximate surface area is 146 Å². The lowest BCUT2D eigenvalue weighted by molar-refractivity contribution is -0.111. The molecule has 0 aliphatic heterocycles. The number of carbonyl (C=O) groups excluding carboxylic acids is 1. The minimum Gasteiger partial charge on any atom is -0.487 e. The molecule has 126 valence electrons. The standard InChI is InChI=1S/C20H19N3O2/c1-2-3-4-11-20(24)22-16-8-7-9-18(13-16)25-15-17-14-23-12-6-5-10-19(23)21-17/h2-14H,15H2,1H3,(H,22,24). The van der Waals surface area contributed by atoms with Gasteiger partial charge in [-0.15, -0.1) is 0 Å². The van der Waals surface area contributed by atoms with Crippen molar-refractivity contribution in [1.29, 1.82) is 0 Å². The molecule has 3 rings (SSSR count). The first-order chi connectivity index (χ1) is 12.2. The molecule has 1 N–H and O–H groups in total. The Kier molecular flexibility index (Phi) is 5.26. The van der Waals surface area contributed by atoms with Gasteiger partial charge in [0.05, 0.1) is 5.69 Å². The number of fused-ring (bicyclic) bond motifs is 1. The van der Waals surface area contributed by atoms with Crippen LogP contribution in [0.4, 0.5) is 5.69 Å². The van der Waals surface area contributed by atoms with Gasteiger partial charge in [-0.25, -0.2) is 4.98 Å². The second kappa shape index (κ2) is 7.97. The Morgan fingerprint density at radius 1 is 1.24 bits per heavy atom. The number of allylic oxidation sites excluding steroid dienone is 3. The first-order valence-electron chi connectivity index (χ1n) is 8.00. The number of anilines is 1. The van der Waals surface area contributed by atoms with Crippen LogP contribution >= 0.6 is 0 Å². The normalized spacial score (nSPS) is 11.4. The SMILES string of the molecule is CC=CC=CC(=O)Nc1cccc(OCc2cn3ccccc3n2)c1. The minimum atomic E-state index is -0.185. The van der Waals surface area contributed by atoms with Crippen LogP contribution < -0.4 is 10.1 Å². The van der Waals surface area contributed by atoms with E-state index in [0.29, 0.717) is 18.0 Å². The number of hydrogen-bond acceptors (Lipinski definition) is 3. The van der Waals surface area contributed by atoms with Crippen molar-refractivity contribution >= 4 is 17.2 Å². The molecule has 25 heavy (non-hydrogen) atoms. The van der Waals surface area contributed by atoms with Crippen molar-refractivity contribution in [3.05, 3.63) is 84.9 Å². The van der Waals surface area contributed by atoms with Gasteiger partial charge >= 0.3 is 0 Å². The monoisotopic (exact) mass is 333 g/mol. The summed E-state index contributed by atoms with van der Waals surface area (Å²) in [6.45, 7) is 2.26. The zero-order valence-corrected chi connectivity index (χ0v) is 13.9. The first-order valence-corrected chi connectivity index (χ1v) is 8.00. The van der Waals surface area contributed by atoms with Gasteiger partial charge in [-0.3, -0.25) is 4.79 Å². The molecule has 0 bridgehead atoms. The van der Waals surface area contributed by atoms with Crippen molar-refractivity contribution in [2.45, 2.75) is 13.5 Å². The van der Waals surface area contributed by atoms with Crippen LogP contribution in [0.5, 0.6) is 5.75 Å². The largest absolute Gasteiger partial charge is 0.487 e. The van der Waals surface area contributed by atoms with Gasteiger partial charge in [0.1, 0.15) is 18.0 Å². The van der Waals surface area contributed by atoms with E-state index in [2.05, 4.69) is 10.3 Å². The van der Waals surface area contributed by atoms with E-state index in [1.807, 2.05) is 66.2 Å². The maximum atomic E-state index is 11.8. The average molecular weight is 333 g/mol. The van der Waals surface area contributed by atoms with Crippen molar-refractivity contribution < 1.29 is 9.53 Å². The highest BCUT2D eigenvalue weighted by molar-refractivity contribution is 5.99. The van der Waals surface area contributed by atoms with E-state index in [-0.39, 0.29) is 5.91 Å². The van der Waals surface area contributed by atoms with E-state index >= 15 is 0 Å². The third-order valence-electron chi connectivity index (χ3n) is 3.45. The van der Waals surface area contributed by atoms with E-state index in [0.717, 1.165) is 11.3 Å². The molecule has 0 spiro atoms. The number of hydrogen-bond donors (Lipinski definition) is 1. The van der Waals surface area contributed by atoms with Gasteiger partial charge in [-0.1, -0.05) is 30.4 Å². The Morgan fingerprint density at radius 3 is 3.00 bits per heavy atom. The van der Waals surface area contributed by atoms with Crippen LogP contribution in [0.3, 0.4) is 0 Å². The molecule has 2 aromatic heterocycles. The molecule has 0 saturated heterocycles. The number of pyridine rings is 1. The molecule has 2 heterocycles. The van der Waals surface area contributed by atoms with Crippen LogP contribution in [0, 0.1) is 0 Å². The molecule has 1 aromatic carbocycles. The smallest absolute Gasteiger partial charge is 0.248 e. The Balaban J connectivity index is 1.62. The number of nitrogens with zero attached hydrogens (tertiary/aromatic N) is 2. The van der Waals surface area contributed by atoms with E-state index in [9.17, 15) is 4.79 Å². The summed E-state index contributed by atoms with van der Waals surface area (Å²) in [4.78, 5) is 16.3. The van der Waals surface area contributed by atoms with Gasteiger partial charge < -0.3 is 14.5 Å². The lowest BCUT2D eigenvalue weighted by atomic mass is 10.3. The minimum absolute atomic E-state index is 0.185. The van der Waals surface area contributed by atoms with Crippen molar-refractivity contribution in [1.82, 2.24) is 9.38 Å². The predicted octanol–water partition coefficient (Wildman–Crippen LogP) is 3.98. The van der Waals surface area contributed by atoms with E-state index in [4.69, 9.17) is 4.74 Å². The van der Waals surface area contributed by atoms with Crippen LogP contribution in [-0.2, 0) is 11.4 Å². The molecule has 0 unspecified atom stereocenters. The second-order valence-electron chi connectivity index (χ2n) is 5.39. The third kappa shape index (κ3) is 4.57. The van der Waals surface area contributed by atoms with Gasteiger partial charge in [-0.2, -0.15) is 0 Å². The van der Waals surface area contributed by atoms with Gasteiger partial charge in [-0.05, 0) is 31.2 Å². The Hall–Kier alpha value is -3.34. The first kappa shape index (κ1) is 16.5. The lowest BCUT2D eigenvalue weighted by Crippen LogP contribution is -2.07. The number of rotatable bonds is 6. The van der Waals surface area contributed by atoms with Gasteiger partial charge in [0, 0.05) is 30.2 Å². The highest BCUT2D eigenvalue weighted by Crippen LogP contribution is 2.18. The molecule has 0 radical (unpaired) electrons. The quantitative estimate of drug-likeness (QED) is 0.548. The fourth-order valence-corrected chi connectivity index (χ4v) is 2.32. The zero-order valence-electron chi connectivity index (χ0n) is 13.9. The Bertz CT molecular complexity index is 892. The summed E-state index contributed by atoms with van der Waals surface area (Å²) in [7, 11) is 0. The molecule has 0 atom stereocenters. The summed E-state index contributed by atoms with van der Waals surface area (Å²) in [5.74, 6) is 0.489. The highest BCUT2D eigenvalue weighted by Gasteiger charge is 2.04. The van der Waals surface area contributed by atoms with Crippen LogP contribution in [0.1, 0.15) is 12.6 Å². The molecule has 0 aliphatic rings.